The number of aliphatic hydroxyl groups is 1. The molecule has 1 atom stereocenters. The van der Waals surface area contributed by atoms with Crippen LogP contribution in [0.25, 0.3) is 0 Å². The molecule has 1 aromatic carbocycles. The van der Waals surface area contributed by atoms with Crippen molar-refractivity contribution >= 4 is 43.4 Å². The van der Waals surface area contributed by atoms with Crippen molar-refractivity contribution in [1.29, 1.82) is 0 Å². The molecule has 4 N–H and O–H groups in total. The molecule has 1 aliphatic heterocycles. The summed E-state index contributed by atoms with van der Waals surface area (Å²) in [5.74, 6) is 0.934. The summed E-state index contributed by atoms with van der Waals surface area (Å²) in [6.45, 7) is 0.134. The van der Waals surface area contributed by atoms with E-state index in [0.717, 1.165) is 0 Å². The first-order valence-corrected chi connectivity index (χ1v) is 9.52. The molecule has 1 aliphatic rings. The number of fused-ring (bicyclic) bond motifs is 4. The van der Waals surface area contributed by atoms with Crippen molar-refractivity contribution in [2.45, 2.75) is 17.4 Å². The van der Waals surface area contributed by atoms with Crippen molar-refractivity contribution in [1.82, 2.24) is 14.7 Å². The van der Waals surface area contributed by atoms with Crippen molar-refractivity contribution < 1.29 is 13.5 Å². The summed E-state index contributed by atoms with van der Waals surface area (Å²) in [7, 11) is -3.73. The van der Waals surface area contributed by atoms with Crippen molar-refractivity contribution in [3.05, 3.63) is 34.9 Å². The number of halogens is 1. The normalized spacial score (nSPS) is 19.8. The lowest BCUT2D eigenvalue weighted by Gasteiger charge is -2.17. The number of nitrogens with zero attached hydrogens (tertiary/aromatic N) is 2. The average molecular weight is 414 g/mol. The van der Waals surface area contributed by atoms with Gasteiger partial charge in [-0.05, 0) is 40.5 Å². The molecule has 24 heavy (non-hydrogen) atoms. The van der Waals surface area contributed by atoms with Gasteiger partial charge >= 0.3 is 0 Å². The first-order valence-electron chi connectivity index (χ1n) is 7.24. The lowest BCUT2D eigenvalue weighted by Crippen LogP contribution is -2.38. The maximum Gasteiger partial charge on any atom is 0.240 e. The largest absolute Gasteiger partial charge is 0.395 e. The minimum absolute atomic E-state index is 0.107. The second-order valence-corrected chi connectivity index (χ2v) is 7.83. The summed E-state index contributed by atoms with van der Waals surface area (Å²) in [5, 5.41) is 15.5. The standard InChI is InChI=1S/C14H16BrN5O3S/c15-12-7-17-14-18-9-2-1-3-11(6-9)24(22,23)20-10(8-21)4-5-16-13(12)19-14/h1-3,6-7,10,20-21H,4-5,8H2,(H2,16,17,18,19). The number of sulfonamides is 1. The van der Waals surface area contributed by atoms with Gasteiger partial charge < -0.3 is 15.7 Å². The molecule has 10 heteroatoms. The second-order valence-electron chi connectivity index (χ2n) is 5.26. The molecule has 0 aliphatic carbocycles. The Morgan fingerprint density at radius 3 is 3.00 bits per heavy atom. The molecule has 0 spiro atoms. The van der Waals surface area contributed by atoms with E-state index in [0.29, 0.717) is 34.9 Å². The van der Waals surface area contributed by atoms with E-state index in [2.05, 4.69) is 41.3 Å². The third-order valence-corrected chi connectivity index (χ3v) is 5.57. The van der Waals surface area contributed by atoms with Gasteiger partial charge in [0.05, 0.1) is 16.0 Å². The fourth-order valence-corrected chi connectivity index (χ4v) is 3.90. The van der Waals surface area contributed by atoms with Crippen molar-refractivity contribution in [2.75, 3.05) is 23.8 Å². The van der Waals surface area contributed by atoms with Crippen LogP contribution < -0.4 is 15.4 Å². The molecule has 0 radical (unpaired) electrons. The minimum atomic E-state index is -3.73. The van der Waals surface area contributed by atoms with Gasteiger partial charge in [-0.3, -0.25) is 0 Å². The van der Waals surface area contributed by atoms with Crippen molar-refractivity contribution in [3.8, 4) is 0 Å². The van der Waals surface area contributed by atoms with Crippen molar-refractivity contribution in [3.63, 3.8) is 0 Å². The minimum Gasteiger partial charge on any atom is -0.395 e. The van der Waals surface area contributed by atoms with E-state index < -0.39 is 16.1 Å². The highest BCUT2D eigenvalue weighted by Crippen LogP contribution is 2.24. The van der Waals surface area contributed by atoms with Crippen LogP contribution >= 0.6 is 15.9 Å². The topological polar surface area (TPSA) is 116 Å². The number of rotatable bonds is 1. The molecule has 3 rings (SSSR count). The van der Waals surface area contributed by atoms with Crippen LogP contribution in [0.15, 0.2) is 39.8 Å². The molecule has 0 fully saturated rings. The predicted octanol–water partition coefficient (Wildman–Crippen LogP) is 1.44. The average Bonchev–Trinajstić information content (AvgIpc) is 2.56. The number of hydrogen-bond donors (Lipinski definition) is 4. The van der Waals surface area contributed by atoms with Gasteiger partial charge in [0.15, 0.2) is 0 Å². The van der Waals surface area contributed by atoms with E-state index >= 15 is 0 Å². The maximum atomic E-state index is 12.5. The van der Waals surface area contributed by atoms with E-state index in [9.17, 15) is 13.5 Å². The van der Waals surface area contributed by atoms with E-state index in [-0.39, 0.29) is 11.5 Å². The number of benzene rings is 1. The Bertz CT molecular complexity index is 846. The molecule has 2 aromatic rings. The summed E-state index contributed by atoms with van der Waals surface area (Å²) in [4.78, 5) is 8.64. The molecule has 2 heterocycles. The molecular weight excluding hydrogens is 398 g/mol. The van der Waals surface area contributed by atoms with Crippen LogP contribution in [-0.4, -0.2) is 42.7 Å². The Morgan fingerprint density at radius 2 is 2.21 bits per heavy atom. The third-order valence-electron chi connectivity index (χ3n) is 3.47. The van der Waals surface area contributed by atoms with Crippen LogP contribution in [0, 0.1) is 0 Å². The van der Waals surface area contributed by atoms with Crippen LogP contribution in [-0.2, 0) is 10.0 Å². The molecule has 8 nitrogen and oxygen atoms in total. The molecule has 128 valence electrons. The van der Waals surface area contributed by atoms with Crippen LogP contribution in [0.3, 0.4) is 0 Å². The van der Waals surface area contributed by atoms with Crippen molar-refractivity contribution in [2.24, 2.45) is 0 Å². The fraction of sp³-hybridized carbons (Fsp3) is 0.286. The Kier molecular flexibility index (Phi) is 4.99. The predicted molar refractivity (Wildman–Crippen MR) is 93.8 cm³/mol. The van der Waals surface area contributed by atoms with Crippen LogP contribution in [0.1, 0.15) is 6.42 Å². The van der Waals surface area contributed by atoms with Gasteiger partial charge in [-0.15, -0.1) is 0 Å². The summed E-state index contributed by atoms with van der Waals surface area (Å²) in [6.07, 6.45) is 2.01. The van der Waals surface area contributed by atoms with Gasteiger partial charge in [-0.1, -0.05) is 6.07 Å². The maximum absolute atomic E-state index is 12.5. The monoisotopic (exact) mass is 413 g/mol. The molecule has 1 unspecified atom stereocenters. The Hall–Kier alpha value is -1.75. The van der Waals surface area contributed by atoms with E-state index in [1.54, 1.807) is 18.3 Å². The molecule has 0 saturated carbocycles. The van der Waals surface area contributed by atoms with E-state index in [4.69, 9.17) is 0 Å². The first-order chi connectivity index (χ1) is 11.5. The van der Waals surface area contributed by atoms with Gasteiger partial charge in [0, 0.05) is 24.5 Å². The summed E-state index contributed by atoms with van der Waals surface area (Å²) in [5.41, 5.74) is 0.547. The number of aliphatic hydroxyl groups excluding tert-OH is 1. The number of anilines is 3. The SMILES string of the molecule is O=S1(=O)NC(CO)CCNc2nc(ncc2Br)Nc2cccc1c2. The summed E-state index contributed by atoms with van der Waals surface area (Å²) in [6, 6.07) is 5.74. The lowest BCUT2D eigenvalue weighted by atomic mass is 10.2. The highest BCUT2D eigenvalue weighted by atomic mass is 79.9. The third kappa shape index (κ3) is 3.83. The quantitative estimate of drug-likeness (QED) is 0.558. The zero-order valence-electron chi connectivity index (χ0n) is 12.5. The zero-order chi connectivity index (χ0) is 17.2. The zero-order valence-corrected chi connectivity index (χ0v) is 14.9. The molecule has 1 aromatic heterocycles. The molecule has 0 saturated heterocycles. The molecule has 0 amide bonds. The lowest BCUT2D eigenvalue weighted by molar-refractivity contribution is 0.252. The van der Waals surface area contributed by atoms with Crippen LogP contribution in [0.4, 0.5) is 17.5 Å². The van der Waals surface area contributed by atoms with E-state index in [1.165, 1.54) is 12.1 Å². The highest BCUT2D eigenvalue weighted by molar-refractivity contribution is 9.10. The molecule has 4 bridgehead atoms. The summed E-state index contributed by atoms with van der Waals surface area (Å²) < 4.78 is 28.2. The second kappa shape index (κ2) is 7.01. The number of aromatic nitrogens is 2. The molecular formula is C14H16BrN5O3S. The van der Waals surface area contributed by atoms with Crippen LogP contribution in [0.5, 0.6) is 0 Å². The Morgan fingerprint density at radius 1 is 1.38 bits per heavy atom. The first kappa shape index (κ1) is 17.1. The van der Waals surface area contributed by atoms with Gasteiger partial charge in [0.25, 0.3) is 0 Å². The van der Waals surface area contributed by atoms with E-state index in [1.807, 2.05) is 0 Å². The van der Waals surface area contributed by atoms with Gasteiger partial charge in [0.1, 0.15) is 5.82 Å². The number of nitrogens with one attached hydrogen (secondary N) is 3. The Balaban J connectivity index is 2.04. The van der Waals surface area contributed by atoms with Gasteiger partial charge in [-0.25, -0.2) is 18.1 Å². The van der Waals surface area contributed by atoms with Gasteiger partial charge in [0.2, 0.25) is 16.0 Å². The van der Waals surface area contributed by atoms with Crippen LogP contribution in [0.2, 0.25) is 0 Å². The fourth-order valence-electron chi connectivity index (χ4n) is 2.26. The number of hydrogen-bond acceptors (Lipinski definition) is 7. The summed E-state index contributed by atoms with van der Waals surface area (Å²) >= 11 is 3.37. The van der Waals surface area contributed by atoms with Gasteiger partial charge in [-0.2, -0.15) is 4.98 Å². The smallest absolute Gasteiger partial charge is 0.240 e. The highest BCUT2D eigenvalue weighted by Gasteiger charge is 2.20. The Labute approximate surface area is 147 Å².